The average Bonchev–Trinajstić information content (AvgIpc) is 2.29. The van der Waals surface area contributed by atoms with Crippen LogP contribution >= 0.6 is 0 Å². The van der Waals surface area contributed by atoms with Crippen molar-refractivity contribution in [1.29, 1.82) is 0 Å². The number of ether oxygens (including phenoxy) is 2. The summed E-state index contributed by atoms with van der Waals surface area (Å²) in [4.78, 5) is 2.37. The van der Waals surface area contributed by atoms with E-state index in [1.54, 1.807) is 0 Å². The zero-order chi connectivity index (χ0) is 12.5. The van der Waals surface area contributed by atoms with Gasteiger partial charge in [0.15, 0.2) is 6.79 Å². The van der Waals surface area contributed by atoms with Gasteiger partial charge in [-0.3, -0.25) is 0 Å². The van der Waals surface area contributed by atoms with Crippen LogP contribution < -0.4 is 0 Å². The average molecular weight is 241 g/mol. The van der Waals surface area contributed by atoms with Crippen LogP contribution in [0.4, 0.5) is 0 Å². The SMILES string of the molecule is C=C(C)OCOCCN(C)CC1CCCCC1. The van der Waals surface area contributed by atoms with E-state index in [1.807, 2.05) is 6.92 Å². The van der Waals surface area contributed by atoms with Crippen LogP contribution in [0.1, 0.15) is 39.0 Å². The van der Waals surface area contributed by atoms with Crippen molar-refractivity contribution < 1.29 is 9.47 Å². The summed E-state index contributed by atoms with van der Waals surface area (Å²) in [5.41, 5.74) is 0. The number of hydrogen-bond acceptors (Lipinski definition) is 3. The Morgan fingerprint density at radius 3 is 2.65 bits per heavy atom. The molecule has 0 spiro atoms. The maximum Gasteiger partial charge on any atom is 0.188 e. The molecule has 17 heavy (non-hydrogen) atoms. The molecule has 100 valence electrons. The van der Waals surface area contributed by atoms with Crippen LogP contribution in [0.15, 0.2) is 12.3 Å². The Morgan fingerprint density at radius 2 is 2.00 bits per heavy atom. The third-order valence-corrected chi connectivity index (χ3v) is 3.30. The van der Waals surface area contributed by atoms with Gasteiger partial charge in [-0.1, -0.05) is 25.8 Å². The van der Waals surface area contributed by atoms with Gasteiger partial charge in [0.2, 0.25) is 0 Å². The second-order valence-corrected chi connectivity index (χ2v) is 5.14. The zero-order valence-electron chi connectivity index (χ0n) is 11.4. The van der Waals surface area contributed by atoms with E-state index in [2.05, 4.69) is 18.5 Å². The first-order chi connectivity index (χ1) is 8.18. The molecular weight excluding hydrogens is 214 g/mol. The molecule has 3 heteroatoms. The monoisotopic (exact) mass is 241 g/mol. The van der Waals surface area contributed by atoms with E-state index in [0.717, 1.165) is 19.1 Å². The van der Waals surface area contributed by atoms with Crippen LogP contribution in [0.5, 0.6) is 0 Å². The van der Waals surface area contributed by atoms with Gasteiger partial charge < -0.3 is 14.4 Å². The molecule has 1 aliphatic carbocycles. The molecule has 0 aromatic heterocycles. The van der Waals surface area contributed by atoms with Crippen molar-refractivity contribution in [2.45, 2.75) is 39.0 Å². The van der Waals surface area contributed by atoms with Gasteiger partial charge in [0.25, 0.3) is 0 Å². The number of hydrogen-bond donors (Lipinski definition) is 0. The lowest BCUT2D eigenvalue weighted by atomic mass is 9.89. The van der Waals surface area contributed by atoms with Crippen LogP contribution in [-0.2, 0) is 9.47 Å². The van der Waals surface area contributed by atoms with E-state index in [9.17, 15) is 0 Å². The van der Waals surface area contributed by atoms with E-state index < -0.39 is 0 Å². The predicted octanol–water partition coefficient (Wildman–Crippen LogP) is 3.02. The minimum Gasteiger partial charge on any atom is -0.473 e. The smallest absolute Gasteiger partial charge is 0.188 e. The molecule has 0 amide bonds. The lowest BCUT2D eigenvalue weighted by Crippen LogP contribution is -2.30. The fourth-order valence-corrected chi connectivity index (χ4v) is 2.32. The molecule has 0 saturated heterocycles. The third-order valence-electron chi connectivity index (χ3n) is 3.30. The van der Waals surface area contributed by atoms with Gasteiger partial charge in [0.05, 0.1) is 12.4 Å². The van der Waals surface area contributed by atoms with Crippen LogP contribution in [0.25, 0.3) is 0 Å². The van der Waals surface area contributed by atoms with Crippen LogP contribution in [-0.4, -0.2) is 38.4 Å². The van der Waals surface area contributed by atoms with Gasteiger partial charge in [0, 0.05) is 13.1 Å². The van der Waals surface area contributed by atoms with Crippen molar-refractivity contribution in [1.82, 2.24) is 4.90 Å². The summed E-state index contributed by atoms with van der Waals surface area (Å²) in [5.74, 6) is 1.61. The molecule has 0 heterocycles. The van der Waals surface area contributed by atoms with Crippen LogP contribution in [0.3, 0.4) is 0 Å². The van der Waals surface area contributed by atoms with Crippen molar-refractivity contribution in [3.8, 4) is 0 Å². The summed E-state index contributed by atoms with van der Waals surface area (Å²) in [6.07, 6.45) is 7.08. The highest BCUT2D eigenvalue weighted by Crippen LogP contribution is 2.23. The van der Waals surface area contributed by atoms with Crippen LogP contribution in [0.2, 0.25) is 0 Å². The van der Waals surface area contributed by atoms with E-state index in [4.69, 9.17) is 9.47 Å². The van der Waals surface area contributed by atoms with Crippen molar-refractivity contribution >= 4 is 0 Å². The van der Waals surface area contributed by atoms with Gasteiger partial charge in [-0.05, 0) is 32.7 Å². The van der Waals surface area contributed by atoms with E-state index in [0.29, 0.717) is 12.6 Å². The Kier molecular flexibility index (Phi) is 7.29. The standard InChI is InChI=1S/C14H27NO2/c1-13(2)17-12-16-10-9-15(3)11-14-7-5-4-6-8-14/h14H,1,4-12H2,2-3H3. The maximum absolute atomic E-state index is 5.38. The van der Waals surface area contributed by atoms with Gasteiger partial charge in [-0.2, -0.15) is 0 Å². The molecule has 1 saturated carbocycles. The summed E-state index contributed by atoms with van der Waals surface area (Å²) in [6.45, 7) is 8.74. The fourth-order valence-electron chi connectivity index (χ4n) is 2.32. The van der Waals surface area contributed by atoms with E-state index in [1.165, 1.54) is 38.6 Å². The van der Waals surface area contributed by atoms with E-state index >= 15 is 0 Å². The van der Waals surface area contributed by atoms with Crippen molar-refractivity contribution in [2.75, 3.05) is 33.5 Å². The molecule has 0 aromatic carbocycles. The molecule has 1 aliphatic rings. The molecule has 0 N–H and O–H groups in total. The lowest BCUT2D eigenvalue weighted by molar-refractivity contribution is -0.0281. The van der Waals surface area contributed by atoms with Crippen LogP contribution in [0, 0.1) is 5.92 Å². The third kappa shape index (κ3) is 7.40. The van der Waals surface area contributed by atoms with Gasteiger partial charge in [-0.25, -0.2) is 0 Å². The van der Waals surface area contributed by atoms with Crippen molar-refractivity contribution in [3.63, 3.8) is 0 Å². The highest BCUT2D eigenvalue weighted by molar-refractivity contribution is 4.72. The Hall–Kier alpha value is -0.540. The highest BCUT2D eigenvalue weighted by Gasteiger charge is 2.14. The van der Waals surface area contributed by atoms with Gasteiger partial charge in [0.1, 0.15) is 0 Å². The molecular formula is C14H27NO2. The summed E-state index contributed by atoms with van der Waals surface area (Å²) < 4.78 is 10.5. The number of allylic oxidation sites excluding steroid dienone is 1. The topological polar surface area (TPSA) is 21.7 Å². The van der Waals surface area contributed by atoms with Gasteiger partial charge in [-0.15, -0.1) is 0 Å². The number of nitrogens with zero attached hydrogens (tertiary/aromatic N) is 1. The minimum absolute atomic E-state index is 0.326. The van der Waals surface area contributed by atoms with Gasteiger partial charge >= 0.3 is 0 Å². The first kappa shape index (κ1) is 14.5. The first-order valence-electron chi connectivity index (χ1n) is 6.73. The summed E-state index contributed by atoms with van der Waals surface area (Å²) >= 11 is 0. The number of rotatable bonds is 8. The number of likely N-dealkylation sites (N-methyl/N-ethyl adjacent to an activating group) is 1. The van der Waals surface area contributed by atoms with E-state index in [-0.39, 0.29) is 0 Å². The second kappa shape index (κ2) is 8.54. The molecule has 0 radical (unpaired) electrons. The molecule has 0 bridgehead atoms. The molecule has 0 unspecified atom stereocenters. The Balaban J connectivity index is 1.96. The summed E-state index contributed by atoms with van der Waals surface area (Å²) in [6, 6.07) is 0. The predicted molar refractivity (Wildman–Crippen MR) is 70.8 cm³/mol. The summed E-state index contributed by atoms with van der Waals surface area (Å²) in [5, 5.41) is 0. The quantitative estimate of drug-likeness (QED) is 0.370. The fraction of sp³-hybridized carbons (Fsp3) is 0.857. The molecule has 0 atom stereocenters. The highest BCUT2D eigenvalue weighted by atomic mass is 16.7. The Bertz CT molecular complexity index is 212. The van der Waals surface area contributed by atoms with Crippen molar-refractivity contribution in [2.24, 2.45) is 5.92 Å². The Labute approximate surface area is 106 Å². The molecule has 0 aromatic rings. The minimum atomic E-state index is 0.326. The second-order valence-electron chi connectivity index (χ2n) is 5.14. The zero-order valence-corrected chi connectivity index (χ0v) is 11.4. The maximum atomic E-state index is 5.38. The van der Waals surface area contributed by atoms with Crippen molar-refractivity contribution in [3.05, 3.63) is 12.3 Å². The lowest BCUT2D eigenvalue weighted by Gasteiger charge is -2.26. The first-order valence-corrected chi connectivity index (χ1v) is 6.73. The molecule has 3 nitrogen and oxygen atoms in total. The normalized spacial score (nSPS) is 17.4. The molecule has 1 fully saturated rings. The Morgan fingerprint density at radius 1 is 1.29 bits per heavy atom. The molecule has 1 rings (SSSR count). The summed E-state index contributed by atoms with van der Waals surface area (Å²) in [7, 11) is 2.18. The largest absolute Gasteiger partial charge is 0.473 e. The molecule has 0 aliphatic heterocycles.